The van der Waals surface area contributed by atoms with Crippen molar-refractivity contribution in [2.45, 2.75) is 13.3 Å². The molecule has 0 saturated carbocycles. The average molecular weight is 262 g/mol. The lowest BCUT2D eigenvalue weighted by Crippen LogP contribution is -2.16. The molecule has 0 N–H and O–H groups in total. The molecule has 0 unspecified atom stereocenters. The molecule has 0 bridgehead atoms. The van der Waals surface area contributed by atoms with E-state index in [1.807, 2.05) is 19.0 Å². The first-order valence-corrected chi connectivity index (χ1v) is 6.01. The zero-order chi connectivity index (χ0) is 14.4. The number of carbonyl (C=O) groups excluding carboxylic acids is 1. The van der Waals surface area contributed by atoms with Crippen molar-refractivity contribution < 1.29 is 9.72 Å². The number of nitro groups is 1. The highest BCUT2D eigenvalue weighted by atomic mass is 16.6. The van der Waals surface area contributed by atoms with Crippen molar-refractivity contribution in [2.24, 2.45) is 0 Å². The van der Waals surface area contributed by atoms with Crippen LogP contribution in [0.4, 0.5) is 5.69 Å². The number of nitro benzene ring substituents is 1. The molecular formula is C14H18N2O3. The first-order valence-electron chi connectivity index (χ1n) is 6.01. The van der Waals surface area contributed by atoms with Crippen LogP contribution in [0.2, 0.25) is 0 Å². The van der Waals surface area contributed by atoms with E-state index in [0.29, 0.717) is 18.5 Å². The van der Waals surface area contributed by atoms with Crippen LogP contribution in [0, 0.1) is 10.1 Å². The minimum absolute atomic E-state index is 0.0498. The number of nitrogens with zero attached hydrogens (tertiary/aromatic N) is 2. The summed E-state index contributed by atoms with van der Waals surface area (Å²) in [7, 11) is 3.84. The fourth-order valence-electron chi connectivity index (χ4n) is 1.55. The average Bonchev–Trinajstić information content (AvgIpc) is 2.36. The molecule has 1 aromatic rings. The largest absolute Gasteiger partial charge is 0.309 e. The lowest BCUT2D eigenvalue weighted by molar-refractivity contribution is -0.384. The number of Topliss-reactive ketones (excluding diaryl/α,β-unsaturated/α-hetero) is 1. The van der Waals surface area contributed by atoms with Gasteiger partial charge in [-0.3, -0.25) is 14.9 Å². The Balaban J connectivity index is 2.72. The molecule has 0 spiro atoms. The zero-order valence-electron chi connectivity index (χ0n) is 11.4. The van der Waals surface area contributed by atoms with E-state index in [2.05, 4.69) is 0 Å². The molecule has 5 nitrogen and oxygen atoms in total. The third kappa shape index (κ3) is 5.01. The number of rotatable bonds is 6. The normalized spacial score (nSPS) is 11.7. The summed E-state index contributed by atoms with van der Waals surface area (Å²) in [5.74, 6) is 0.0899. The van der Waals surface area contributed by atoms with E-state index in [9.17, 15) is 14.9 Å². The molecule has 1 rings (SSSR count). The van der Waals surface area contributed by atoms with Gasteiger partial charge < -0.3 is 4.90 Å². The molecule has 0 aliphatic carbocycles. The third-order valence-corrected chi connectivity index (χ3v) is 2.71. The van der Waals surface area contributed by atoms with Crippen molar-refractivity contribution in [3.05, 3.63) is 45.5 Å². The number of hydrogen-bond donors (Lipinski definition) is 0. The van der Waals surface area contributed by atoms with E-state index in [4.69, 9.17) is 0 Å². The molecule has 0 atom stereocenters. The predicted octanol–water partition coefficient (Wildman–Crippen LogP) is 2.52. The van der Waals surface area contributed by atoms with E-state index in [1.165, 1.54) is 12.1 Å². The minimum atomic E-state index is -0.442. The smallest absolute Gasteiger partial charge is 0.269 e. The Morgan fingerprint density at radius 2 is 1.89 bits per heavy atom. The summed E-state index contributed by atoms with van der Waals surface area (Å²) in [5.41, 5.74) is 1.51. The molecule has 102 valence electrons. The molecule has 0 radical (unpaired) electrons. The maximum absolute atomic E-state index is 11.8. The molecule has 5 heteroatoms. The monoisotopic (exact) mass is 262 g/mol. The summed E-state index contributed by atoms with van der Waals surface area (Å²) >= 11 is 0. The number of allylic oxidation sites excluding steroid dienone is 1. The van der Waals surface area contributed by atoms with Crippen molar-refractivity contribution in [3.8, 4) is 0 Å². The molecule has 0 saturated heterocycles. The van der Waals surface area contributed by atoms with Gasteiger partial charge in [-0.1, -0.05) is 0 Å². The quantitative estimate of drug-likeness (QED) is 0.449. The maximum atomic E-state index is 11.8. The summed E-state index contributed by atoms with van der Waals surface area (Å²) in [6.45, 7) is 2.48. The maximum Gasteiger partial charge on any atom is 0.269 e. The Kier molecular flexibility index (Phi) is 5.38. The second kappa shape index (κ2) is 6.80. The van der Waals surface area contributed by atoms with E-state index in [-0.39, 0.29) is 11.5 Å². The van der Waals surface area contributed by atoms with Crippen LogP contribution in [0.1, 0.15) is 18.9 Å². The van der Waals surface area contributed by atoms with Gasteiger partial charge in [0, 0.05) is 25.1 Å². The van der Waals surface area contributed by atoms with Crippen LogP contribution >= 0.6 is 0 Å². The Hall–Kier alpha value is -2.01. The number of carbonyl (C=O) groups is 1. The molecule has 0 heterocycles. The zero-order valence-corrected chi connectivity index (χ0v) is 11.4. The van der Waals surface area contributed by atoms with Crippen LogP contribution in [0.25, 0.3) is 6.08 Å². The Morgan fingerprint density at radius 3 is 2.37 bits per heavy atom. The van der Waals surface area contributed by atoms with Crippen LogP contribution in [0.5, 0.6) is 0 Å². The lowest BCUT2D eigenvalue weighted by atomic mass is 10.1. The van der Waals surface area contributed by atoms with E-state index in [0.717, 1.165) is 5.56 Å². The summed E-state index contributed by atoms with van der Waals surface area (Å²) in [6.07, 6.45) is 2.23. The fourth-order valence-corrected chi connectivity index (χ4v) is 1.55. The van der Waals surface area contributed by atoms with Crippen LogP contribution < -0.4 is 0 Å². The highest BCUT2D eigenvalue weighted by Gasteiger charge is 2.06. The van der Waals surface area contributed by atoms with Crippen molar-refractivity contribution >= 4 is 17.5 Å². The number of non-ortho nitro benzene ring substituents is 1. The predicted molar refractivity (Wildman–Crippen MR) is 74.9 cm³/mol. The molecule has 1 aromatic carbocycles. The third-order valence-electron chi connectivity index (χ3n) is 2.71. The molecule has 0 fully saturated rings. The number of benzene rings is 1. The van der Waals surface area contributed by atoms with Gasteiger partial charge in [0.1, 0.15) is 0 Å². The lowest BCUT2D eigenvalue weighted by Gasteiger charge is -2.08. The Bertz CT molecular complexity index is 490. The van der Waals surface area contributed by atoms with Crippen molar-refractivity contribution in [1.29, 1.82) is 0 Å². The van der Waals surface area contributed by atoms with Crippen LogP contribution in [-0.2, 0) is 4.79 Å². The molecular weight excluding hydrogens is 244 g/mol. The van der Waals surface area contributed by atoms with Gasteiger partial charge in [-0.05, 0) is 50.4 Å². The Morgan fingerprint density at radius 1 is 1.32 bits per heavy atom. The van der Waals surface area contributed by atoms with E-state index >= 15 is 0 Å². The highest BCUT2D eigenvalue weighted by Crippen LogP contribution is 2.15. The second-order valence-electron chi connectivity index (χ2n) is 4.65. The van der Waals surface area contributed by atoms with Gasteiger partial charge >= 0.3 is 0 Å². The standard InChI is InChI=1S/C14H18N2O3/c1-11(14(17)8-9-15(2)3)10-12-4-6-13(7-5-12)16(18)19/h4-7,10H,8-9H2,1-3H3/b11-10+. The van der Waals surface area contributed by atoms with Gasteiger partial charge in [0.2, 0.25) is 0 Å². The number of ketones is 1. The van der Waals surface area contributed by atoms with E-state index < -0.39 is 4.92 Å². The first-order chi connectivity index (χ1) is 8.90. The Labute approximate surface area is 112 Å². The highest BCUT2D eigenvalue weighted by molar-refractivity contribution is 5.99. The SMILES string of the molecule is C/C(=C\c1ccc([N+](=O)[O-])cc1)C(=O)CCN(C)C. The van der Waals surface area contributed by atoms with Gasteiger partial charge in [0.25, 0.3) is 5.69 Å². The summed E-state index contributed by atoms with van der Waals surface area (Å²) in [6, 6.07) is 6.15. The second-order valence-corrected chi connectivity index (χ2v) is 4.65. The summed E-state index contributed by atoms with van der Waals surface area (Å²) in [5, 5.41) is 10.5. The van der Waals surface area contributed by atoms with Crippen LogP contribution in [0.3, 0.4) is 0 Å². The minimum Gasteiger partial charge on any atom is -0.309 e. The first kappa shape index (κ1) is 15.0. The fraction of sp³-hybridized carbons (Fsp3) is 0.357. The summed E-state index contributed by atoms with van der Waals surface area (Å²) < 4.78 is 0. The van der Waals surface area contributed by atoms with Gasteiger partial charge in [-0.15, -0.1) is 0 Å². The summed E-state index contributed by atoms with van der Waals surface area (Å²) in [4.78, 5) is 23.9. The number of hydrogen-bond acceptors (Lipinski definition) is 4. The molecule has 19 heavy (non-hydrogen) atoms. The van der Waals surface area contributed by atoms with Crippen molar-refractivity contribution in [3.63, 3.8) is 0 Å². The molecule has 0 aliphatic rings. The van der Waals surface area contributed by atoms with Gasteiger partial charge in [0.15, 0.2) is 5.78 Å². The van der Waals surface area contributed by atoms with E-state index in [1.54, 1.807) is 25.1 Å². The van der Waals surface area contributed by atoms with Crippen LogP contribution in [0.15, 0.2) is 29.8 Å². The van der Waals surface area contributed by atoms with Gasteiger partial charge in [-0.2, -0.15) is 0 Å². The molecule has 0 aromatic heterocycles. The molecule has 0 amide bonds. The topological polar surface area (TPSA) is 63.5 Å². The van der Waals surface area contributed by atoms with Gasteiger partial charge in [-0.25, -0.2) is 0 Å². The van der Waals surface area contributed by atoms with Crippen molar-refractivity contribution in [2.75, 3.05) is 20.6 Å². The van der Waals surface area contributed by atoms with Crippen LogP contribution in [-0.4, -0.2) is 36.2 Å². The van der Waals surface area contributed by atoms with Crippen molar-refractivity contribution in [1.82, 2.24) is 4.90 Å². The molecule has 0 aliphatic heterocycles. The van der Waals surface area contributed by atoms with Gasteiger partial charge in [0.05, 0.1) is 4.92 Å².